The molecule has 0 bridgehead atoms. The molecule has 1 saturated heterocycles. The SMILES string of the molecule is COc1ccc(N2CCN(CC(C)(C)NC(=O)C(=O)Nc3ccc(-c4cnco4)c(OC)c3)CC2)cc1. The van der Waals surface area contributed by atoms with Crippen molar-refractivity contribution in [1.29, 1.82) is 0 Å². The fourth-order valence-corrected chi connectivity index (χ4v) is 4.43. The highest BCUT2D eigenvalue weighted by molar-refractivity contribution is 6.39. The second-order valence-electron chi connectivity index (χ2n) is 9.53. The van der Waals surface area contributed by atoms with E-state index in [1.165, 1.54) is 13.5 Å². The van der Waals surface area contributed by atoms with Gasteiger partial charge in [0.2, 0.25) is 0 Å². The standard InChI is InChI=1S/C27H33N5O5/c1-27(2,17-31-11-13-32(14-12-31)20-6-8-21(35-3)9-7-20)30-26(34)25(33)29-19-5-10-22(23(15-19)36-4)24-16-28-18-37-24/h5-10,15-16,18H,11-14,17H2,1-4H3,(H,29,33)(H,30,34). The van der Waals surface area contributed by atoms with E-state index >= 15 is 0 Å². The number of carbonyl (C=O) groups is 2. The maximum Gasteiger partial charge on any atom is 0.313 e. The molecule has 0 unspecified atom stereocenters. The Morgan fingerprint density at radius 3 is 2.35 bits per heavy atom. The number of ether oxygens (including phenoxy) is 2. The number of aromatic nitrogens is 1. The van der Waals surface area contributed by atoms with Gasteiger partial charge in [-0.25, -0.2) is 4.98 Å². The summed E-state index contributed by atoms with van der Waals surface area (Å²) >= 11 is 0. The number of carbonyl (C=O) groups excluding carboxylic acids is 2. The van der Waals surface area contributed by atoms with Gasteiger partial charge in [0.15, 0.2) is 12.2 Å². The van der Waals surface area contributed by atoms with Gasteiger partial charge < -0.3 is 29.4 Å². The minimum Gasteiger partial charge on any atom is -0.497 e. The topological polar surface area (TPSA) is 109 Å². The van der Waals surface area contributed by atoms with Gasteiger partial charge in [0.25, 0.3) is 0 Å². The molecule has 0 saturated carbocycles. The smallest absolute Gasteiger partial charge is 0.313 e. The number of amides is 2. The number of nitrogens with one attached hydrogen (secondary N) is 2. The Morgan fingerprint density at radius 2 is 1.73 bits per heavy atom. The zero-order chi connectivity index (χ0) is 26.4. The first-order chi connectivity index (χ1) is 17.8. The third-order valence-electron chi connectivity index (χ3n) is 6.24. The predicted octanol–water partition coefficient (Wildman–Crippen LogP) is 3.01. The van der Waals surface area contributed by atoms with E-state index in [4.69, 9.17) is 13.9 Å². The fraction of sp³-hybridized carbons (Fsp3) is 0.370. The maximum atomic E-state index is 12.7. The Bertz CT molecular complexity index is 1200. The van der Waals surface area contributed by atoms with Gasteiger partial charge in [-0.2, -0.15) is 0 Å². The van der Waals surface area contributed by atoms with Crippen LogP contribution < -0.4 is 25.0 Å². The van der Waals surface area contributed by atoms with E-state index in [1.54, 1.807) is 31.5 Å². The van der Waals surface area contributed by atoms with Crippen molar-refractivity contribution in [3.63, 3.8) is 0 Å². The van der Waals surface area contributed by atoms with Crippen LogP contribution in [0, 0.1) is 0 Å². The summed E-state index contributed by atoms with van der Waals surface area (Å²) in [5.74, 6) is 0.432. The van der Waals surface area contributed by atoms with Gasteiger partial charge in [-0.15, -0.1) is 0 Å². The maximum absolute atomic E-state index is 12.7. The molecular weight excluding hydrogens is 474 g/mol. The van der Waals surface area contributed by atoms with Crippen LogP contribution in [0.5, 0.6) is 11.5 Å². The molecule has 1 fully saturated rings. The normalized spacial score (nSPS) is 14.2. The number of anilines is 2. The Labute approximate surface area is 216 Å². The van der Waals surface area contributed by atoms with Crippen molar-refractivity contribution in [3.05, 3.63) is 55.1 Å². The van der Waals surface area contributed by atoms with Crippen molar-refractivity contribution in [3.8, 4) is 22.8 Å². The molecule has 0 radical (unpaired) electrons. The van der Waals surface area contributed by atoms with Crippen molar-refractivity contribution < 1.29 is 23.5 Å². The first kappa shape index (κ1) is 26.0. The molecule has 0 atom stereocenters. The highest BCUT2D eigenvalue weighted by Crippen LogP contribution is 2.32. The van der Waals surface area contributed by atoms with E-state index in [0.717, 1.165) is 37.6 Å². The minimum atomic E-state index is -0.744. The molecule has 37 heavy (non-hydrogen) atoms. The monoisotopic (exact) mass is 507 g/mol. The zero-order valence-corrected chi connectivity index (χ0v) is 21.6. The van der Waals surface area contributed by atoms with Crippen LogP contribution in [0.2, 0.25) is 0 Å². The van der Waals surface area contributed by atoms with Crippen LogP contribution in [0.4, 0.5) is 11.4 Å². The van der Waals surface area contributed by atoms with Gasteiger partial charge in [0.05, 0.1) is 26.0 Å². The first-order valence-electron chi connectivity index (χ1n) is 12.1. The van der Waals surface area contributed by atoms with Gasteiger partial charge >= 0.3 is 11.8 Å². The molecule has 10 nitrogen and oxygen atoms in total. The van der Waals surface area contributed by atoms with E-state index < -0.39 is 17.4 Å². The average Bonchev–Trinajstić information content (AvgIpc) is 3.43. The van der Waals surface area contributed by atoms with Gasteiger partial charge in [0.1, 0.15) is 11.5 Å². The van der Waals surface area contributed by atoms with Gasteiger partial charge in [-0.05, 0) is 50.2 Å². The van der Waals surface area contributed by atoms with E-state index in [0.29, 0.717) is 29.3 Å². The summed E-state index contributed by atoms with van der Waals surface area (Å²) < 4.78 is 16.0. The van der Waals surface area contributed by atoms with Crippen molar-refractivity contribution in [1.82, 2.24) is 15.2 Å². The Balaban J connectivity index is 1.28. The van der Waals surface area contributed by atoms with Crippen molar-refractivity contribution >= 4 is 23.2 Å². The Morgan fingerprint density at radius 1 is 1.00 bits per heavy atom. The number of piperazine rings is 1. The average molecular weight is 508 g/mol. The summed E-state index contributed by atoms with van der Waals surface area (Å²) in [4.78, 5) is 33.8. The van der Waals surface area contributed by atoms with E-state index in [1.807, 2.05) is 26.0 Å². The highest BCUT2D eigenvalue weighted by Gasteiger charge is 2.29. The van der Waals surface area contributed by atoms with Crippen LogP contribution >= 0.6 is 0 Å². The summed E-state index contributed by atoms with van der Waals surface area (Å²) in [7, 11) is 3.18. The third kappa shape index (κ3) is 6.59. The van der Waals surface area contributed by atoms with Crippen LogP contribution in [0.25, 0.3) is 11.3 Å². The Hall–Kier alpha value is -4.05. The van der Waals surface area contributed by atoms with Crippen LogP contribution in [0.3, 0.4) is 0 Å². The lowest BCUT2D eigenvalue weighted by Gasteiger charge is -2.40. The second-order valence-corrected chi connectivity index (χ2v) is 9.53. The lowest BCUT2D eigenvalue weighted by atomic mass is 10.0. The molecule has 1 aromatic heterocycles. The molecule has 0 aliphatic carbocycles. The van der Waals surface area contributed by atoms with Crippen LogP contribution in [-0.4, -0.2) is 74.2 Å². The summed E-state index contributed by atoms with van der Waals surface area (Å²) in [6.45, 7) is 7.93. The summed E-state index contributed by atoms with van der Waals surface area (Å²) in [6, 6.07) is 13.1. The van der Waals surface area contributed by atoms with E-state index in [2.05, 4.69) is 37.6 Å². The number of oxazole rings is 1. The molecular formula is C27H33N5O5. The molecule has 0 spiro atoms. The van der Waals surface area contributed by atoms with Gasteiger partial charge in [0, 0.05) is 55.7 Å². The molecule has 1 aliphatic rings. The molecule has 10 heteroatoms. The molecule has 2 aromatic carbocycles. The number of nitrogens with zero attached hydrogens (tertiary/aromatic N) is 3. The van der Waals surface area contributed by atoms with Crippen LogP contribution in [-0.2, 0) is 9.59 Å². The van der Waals surface area contributed by atoms with Crippen molar-refractivity contribution in [2.45, 2.75) is 19.4 Å². The molecule has 2 heterocycles. The van der Waals surface area contributed by atoms with E-state index in [-0.39, 0.29) is 0 Å². The number of benzene rings is 2. The molecule has 196 valence electrons. The predicted molar refractivity (Wildman–Crippen MR) is 141 cm³/mol. The summed E-state index contributed by atoms with van der Waals surface area (Å²) in [5, 5.41) is 5.51. The molecule has 2 N–H and O–H groups in total. The van der Waals surface area contributed by atoms with E-state index in [9.17, 15) is 9.59 Å². The second kappa shape index (κ2) is 11.3. The highest BCUT2D eigenvalue weighted by atomic mass is 16.5. The Kier molecular flexibility index (Phi) is 7.98. The number of methoxy groups -OCH3 is 2. The van der Waals surface area contributed by atoms with Crippen molar-refractivity contribution in [2.75, 3.05) is 57.2 Å². The summed E-state index contributed by atoms with van der Waals surface area (Å²) in [5.41, 5.74) is 1.70. The number of rotatable bonds is 8. The molecule has 3 aromatic rings. The number of hydrogen-bond donors (Lipinski definition) is 2. The van der Waals surface area contributed by atoms with Gasteiger partial charge in [-0.3, -0.25) is 14.5 Å². The van der Waals surface area contributed by atoms with Gasteiger partial charge in [-0.1, -0.05) is 0 Å². The van der Waals surface area contributed by atoms with Crippen molar-refractivity contribution in [2.24, 2.45) is 0 Å². The lowest BCUT2D eigenvalue weighted by Crippen LogP contribution is -2.57. The zero-order valence-electron chi connectivity index (χ0n) is 21.6. The molecule has 4 rings (SSSR count). The van der Waals surface area contributed by atoms with Crippen LogP contribution in [0.15, 0.2) is 59.5 Å². The number of hydrogen-bond acceptors (Lipinski definition) is 8. The van der Waals surface area contributed by atoms with Crippen LogP contribution in [0.1, 0.15) is 13.8 Å². The third-order valence-corrected chi connectivity index (χ3v) is 6.24. The molecule has 2 amide bonds. The quantitative estimate of drug-likeness (QED) is 0.448. The lowest BCUT2D eigenvalue weighted by molar-refractivity contribution is -0.137. The minimum absolute atomic E-state index is 0.438. The largest absolute Gasteiger partial charge is 0.497 e. The first-order valence-corrected chi connectivity index (χ1v) is 12.1. The summed E-state index contributed by atoms with van der Waals surface area (Å²) in [6.07, 6.45) is 2.90. The molecule has 1 aliphatic heterocycles. The fourth-order valence-electron chi connectivity index (χ4n) is 4.43.